The molecule has 172 valence electrons. The molecule has 2 aromatic carbocycles. The maximum absolute atomic E-state index is 14.1. The molecule has 1 atom stereocenters. The number of nitrogens with one attached hydrogen (secondary N) is 1. The summed E-state index contributed by atoms with van der Waals surface area (Å²) in [6.07, 6.45) is -1.75. The van der Waals surface area contributed by atoms with Gasteiger partial charge in [-0.3, -0.25) is 14.9 Å². The number of hydrogen-bond donors (Lipinski definition) is 1. The predicted molar refractivity (Wildman–Crippen MR) is 107 cm³/mol. The molecule has 32 heavy (non-hydrogen) atoms. The largest absolute Gasteiger partial charge is 0.444 e. The third-order valence-electron chi connectivity index (χ3n) is 3.97. The average Bonchev–Trinajstić information content (AvgIpc) is 2.64. The molecule has 0 saturated heterocycles. The molecule has 0 aromatic heterocycles. The van der Waals surface area contributed by atoms with Crippen LogP contribution in [0.25, 0.3) is 0 Å². The quantitative estimate of drug-likeness (QED) is 0.218. The Balaban J connectivity index is 2.15. The van der Waals surface area contributed by atoms with Crippen molar-refractivity contribution < 1.29 is 37.2 Å². The van der Waals surface area contributed by atoms with E-state index in [9.17, 15) is 32.9 Å². The van der Waals surface area contributed by atoms with Gasteiger partial charge < -0.3 is 14.8 Å². The Morgan fingerprint density at radius 2 is 1.66 bits per heavy atom. The number of esters is 1. The first kappa shape index (κ1) is 24.6. The Hall–Kier alpha value is -3.63. The van der Waals surface area contributed by atoms with E-state index in [1.54, 1.807) is 20.8 Å². The normalized spacial score (nSPS) is 12.1. The highest BCUT2D eigenvalue weighted by molar-refractivity contribution is 5.75. The van der Waals surface area contributed by atoms with Crippen molar-refractivity contribution in [2.24, 2.45) is 0 Å². The number of alkyl carbamates (subject to hydrolysis) is 1. The van der Waals surface area contributed by atoms with Crippen molar-refractivity contribution in [3.05, 3.63) is 69.5 Å². The topological polar surface area (TPSA) is 108 Å². The van der Waals surface area contributed by atoms with E-state index >= 15 is 0 Å². The van der Waals surface area contributed by atoms with Gasteiger partial charge in [-0.05, 0) is 51.0 Å². The zero-order chi connectivity index (χ0) is 24.1. The third kappa shape index (κ3) is 7.56. The summed E-state index contributed by atoms with van der Waals surface area (Å²) in [6, 6.07) is 4.60. The van der Waals surface area contributed by atoms with E-state index in [-0.39, 0.29) is 23.4 Å². The van der Waals surface area contributed by atoms with Gasteiger partial charge in [-0.2, -0.15) is 0 Å². The van der Waals surface area contributed by atoms with Crippen LogP contribution in [0.15, 0.2) is 36.4 Å². The van der Waals surface area contributed by atoms with Gasteiger partial charge in [-0.1, -0.05) is 0 Å². The zero-order valence-corrected chi connectivity index (χ0v) is 17.5. The number of ether oxygens (including phenoxy) is 2. The average molecular weight is 454 g/mol. The Morgan fingerprint density at radius 3 is 2.22 bits per heavy atom. The van der Waals surface area contributed by atoms with E-state index in [0.717, 1.165) is 12.1 Å². The number of halogens is 3. The first-order valence-electron chi connectivity index (χ1n) is 9.42. The highest BCUT2D eigenvalue weighted by atomic mass is 19.2. The summed E-state index contributed by atoms with van der Waals surface area (Å²) in [4.78, 5) is 34.5. The third-order valence-corrected chi connectivity index (χ3v) is 3.97. The minimum atomic E-state index is -1.37. The lowest BCUT2D eigenvalue weighted by Gasteiger charge is -2.23. The van der Waals surface area contributed by atoms with Crippen LogP contribution in [0.4, 0.5) is 23.7 Å². The Morgan fingerprint density at radius 1 is 1.06 bits per heavy atom. The van der Waals surface area contributed by atoms with Crippen LogP contribution < -0.4 is 10.1 Å². The molecule has 1 amide bonds. The van der Waals surface area contributed by atoms with Crippen molar-refractivity contribution in [2.45, 2.75) is 45.3 Å². The number of nitrogens with zero attached hydrogens (tertiary/aromatic N) is 1. The van der Waals surface area contributed by atoms with E-state index in [2.05, 4.69) is 5.32 Å². The molecule has 0 aliphatic carbocycles. The van der Waals surface area contributed by atoms with Crippen LogP contribution in [-0.2, 0) is 16.0 Å². The molecule has 0 radical (unpaired) electrons. The minimum Gasteiger partial charge on any atom is -0.444 e. The van der Waals surface area contributed by atoms with E-state index in [0.29, 0.717) is 12.1 Å². The Bertz CT molecular complexity index is 1010. The SMILES string of the molecule is CC(C)(C)OC(=O)N[C@@H](CC(=O)Oc1ccc([N+](=O)[O-])cc1)Cc1cc(F)c(F)cc1F. The molecule has 8 nitrogen and oxygen atoms in total. The fourth-order valence-corrected chi connectivity index (χ4v) is 2.64. The molecule has 2 rings (SSSR count). The second-order valence-corrected chi connectivity index (χ2v) is 7.83. The molecule has 0 heterocycles. The van der Waals surface area contributed by atoms with Gasteiger partial charge in [-0.15, -0.1) is 0 Å². The summed E-state index contributed by atoms with van der Waals surface area (Å²) >= 11 is 0. The highest BCUT2D eigenvalue weighted by Crippen LogP contribution is 2.20. The number of rotatable bonds is 7. The molecule has 0 unspecified atom stereocenters. The number of benzene rings is 2. The number of amides is 1. The van der Waals surface area contributed by atoms with Gasteiger partial charge in [0.2, 0.25) is 0 Å². The van der Waals surface area contributed by atoms with E-state index < -0.39 is 52.5 Å². The van der Waals surface area contributed by atoms with Crippen LogP contribution in [0.3, 0.4) is 0 Å². The number of carbonyl (C=O) groups excluding carboxylic acids is 2. The van der Waals surface area contributed by atoms with Crippen LogP contribution in [0.1, 0.15) is 32.8 Å². The smallest absolute Gasteiger partial charge is 0.407 e. The van der Waals surface area contributed by atoms with Crippen LogP contribution in [-0.4, -0.2) is 28.6 Å². The van der Waals surface area contributed by atoms with E-state index in [1.807, 2.05) is 0 Å². The van der Waals surface area contributed by atoms with Crippen molar-refractivity contribution in [2.75, 3.05) is 0 Å². The summed E-state index contributed by atoms with van der Waals surface area (Å²) < 4.78 is 51.0. The molecule has 1 N–H and O–H groups in total. The highest BCUT2D eigenvalue weighted by Gasteiger charge is 2.24. The molecule has 0 fully saturated rings. The maximum atomic E-state index is 14.1. The number of nitro benzene ring substituents is 1. The van der Waals surface area contributed by atoms with Gasteiger partial charge in [0, 0.05) is 24.2 Å². The maximum Gasteiger partial charge on any atom is 0.407 e. The molecule has 0 aliphatic rings. The van der Waals surface area contributed by atoms with E-state index in [4.69, 9.17) is 9.47 Å². The van der Waals surface area contributed by atoms with Gasteiger partial charge in [0.1, 0.15) is 17.2 Å². The molecule has 2 aromatic rings. The number of carbonyl (C=O) groups is 2. The number of nitro groups is 1. The van der Waals surface area contributed by atoms with Gasteiger partial charge in [0.15, 0.2) is 11.6 Å². The lowest BCUT2D eigenvalue weighted by Crippen LogP contribution is -2.42. The lowest BCUT2D eigenvalue weighted by molar-refractivity contribution is -0.384. The van der Waals surface area contributed by atoms with Gasteiger partial charge in [0.05, 0.1) is 11.3 Å². The van der Waals surface area contributed by atoms with Crippen molar-refractivity contribution in [1.82, 2.24) is 5.32 Å². The molecule has 11 heteroatoms. The summed E-state index contributed by atoms with van der Waals surface area (Å²) in [5.41, 5.74) is -1.34. The number of non-ortho nitro benzene ring substituents is 1. The van der Waals surface area contributed by atoms with Crippen molar-refractivity contribution >= 4 is 17.7 Å². The van der Waals surface area contributed by atoms with Gasteiger partial charge in [0.25, 0.3) is 5.69 Å². The van der Waals surface area contributed by atoms with Crippen LogP contribution in [0, 0.1) is 27.6 Å². The monoisotopic (exact) mass is 454 g/mol. The second kappa shape index (κ2) is 10.1. The van der Waals surface area contributed by atoms with E-state index in [1.165, 1.54) is 12.1 Å². The van der Waals surface area contributed by atoms with Crippen LogP contribution in [0.2, 0.25) is 0 Å². The summed E-state index contributed by atoms with van der Waals surface area (Å²) in [6.45, 7) is 4.83. The zero-order valence-electron chi connectivity index (χ0n) is 17.5. The first-order chi connectivity index (χ1) is 14.8. The summed E-state index contributed by atoms with van der Waals surface area (Å²) in [5, 5.41) is 13.1. The molecule has 0 saturated carbocycles. The Kier molecular flexibility index (Phi) is 7.79. The standard InChI is InChI=1S/C21H21F3N2O6/c1-21(2,3)32-20(28)25-13(8-12-9-17(23)18(24)11-16(12)22)10-19(27)31-15-6-4-14(5-7-15)26(29)30/h4-7,9,11,13H,8,10H2,1-3H3,(H,25,28)/t13-/m1/s1. The lowest BCUT2D eigenvalue weighted by atomic mass is 10.0. The van der Waals surface area contributed by atoms with Gasteiger partial charge in [-0.25, -0.2) is 18.0 Å². The van der Waals surface area contributed by atoms with Crippen molar-refractivity contribution in [1.29, 1.82) is 0 Å². The Labute approximate surface area is 181 Å². The fourth-order valence-electron chi connectivity index (χ4n) is 2.64. The fraction of sp³-hybridized carbons (Fsp3) is 0.333. The molecular formula is C21H21F3N2O6. The van der Waals surface area contributed by atoms with Crippen LogP contribution >= 0.6 is 0 Å². The van der Waals surface area contributed by atoms with Gasteiger partial charge >= 0.3 is 12.1 Å². The van der Waals surface area contributed by atoms with Crippen LogP contribution in [0.5, 0.6) is 5.75 Å². The van der Waals surface area contributed by atoms with Crippen molar-refractivity contribution in [3.8, 4) is 5.75 Å². The molecule has 0 spiro atoms. The minimum absolute atomic E-state index is 0.00984. The first-order valence-corrected chi connectivity index (χ1v) is 9.42. The van der Waals surface area contributed by atoms with Crippen molar-refractivity contribution in [3.63, 3.8) is 0 Å². The second-order valence-electron chi connectivity index (χ2n) is 7.83. The molecular weight excluding hydrogens is 433 g/mol. The molecule has 0 aliphatic heterocycles. The molecule has 0 bridgehead atoms. The predicted octanol–water partition coefficient (Wildman–Crippen LogP) is 4.44. The summed E-state index contributed by atoms with van der Waals surface area (Å²) in [7, 11) is 0. The number of hydrogen-bond acceptors (Lipinski definition) is 6. The summed E-state index contributed by atoms with van der Waals surface area (Å²) in [5.74, 6) is -4.56.